The highest BCUT2D eigenvalue weighted by Crippen LogP contribution is 2.24. The minimum absolute atomic E-state index is 0.0147. The number of nitrogens with zero attached hydrogens (tertiary/aromatic N) is 5. The van der Waals surface area contributed by atoms with Gasteiger partial charge in [-0.15, -0.1) is 0 Å². The van der Waals surface area contributed by atoms with Gasteiger partial charge in [0.25, 0.3) is 5.69 Å². The van der Waals surface area contributed by atoms with E-state index >= 15 is 0 Å². The number of amides is 1. The average molecular weight is 355 g/mol. The summed E-state index contributed by atoms with van der Waals surface area (Å²) in [5, 5.41) is 11.0. The number of aromatic nitrogens is 2. The molecule has 8 heteroatoms. The molecule has 1 saturated heterocycles. The number of aryl methyl sites for hydroxylation is 1. The smallest absolute Gasteiger partial charge is 0.270 e. The van der Waals surface area contributed by atoms with Crippen LogP contribution < -0.4 is 4.90 Å². The predicted octanol–water partition coefficient (Wildman–Crippen LogP) is 2.42. The third-order valence-corrected chi connectivity index (χ3v) is 4.41. The van der Waals surface area contributed by atoms with Crippen LogP contribution in [0.25, 0.3) is 11.4 Å². The molecule has 0 bridgehead atoms. The van der Waals surface area contributed by atoms with Crippen LogP contribution in [0, 0.1) is 17.0 Å². The summed E-state index contributed by atoms with van der Waals surface area (Å²) in [6.07, 6.45) is 0.517. The van der Waals surface area contributed by atoms with Crippen molar-refractivity contribution in [2.75, 3.05) is 31.1 Å². The van der Waals surface area contributed by atoms with E-state index in [2.05, 4.69) is 14.9 Å². The molecule has 1 amide bonds. The highest BCUT2D eigenvalue weighted by molar-refractivity contribution is 5.76. The summed E-state index contributed by atoms with van der Waals surface area (Å²) in [4.78, 5) is 35.4. The van der Waals surface area contributed by atoms with Gasteiger partial charge in [-0.1, -0.05) is 19.1 Å². The maximum Gasteiger partial charge on any atom is 0.270 e. The van der Waals surface area contributed by atoms with Crippen LogP contribution in [0.2, 0.25) is 0 Å². The van der Waals surface area contributed by atoms with Crippen LogP contribution in [0.1, 0.15) is 19.0 Å². The van der Waals surface area contributed by atoms with Crippen molar-refractivity contribution in [2.24, 2.45) is 0 Å². The Labute approximate surface area is 151 Å². The van der Waals surface area contributed by atoms with E-state index in [4.69, 9.17) is 0 Å². The third-order valence-electron chi connectivity index (χ3n) is 4.41. The molecule has 26 heavy (non-hydrogen) atoms. The van der Waals surface area contributed by atoms with Gasteiger partial charge in [0.15, 0.2) is 5.82 Å². The van der Waals surface area contributed by atoms with E-state index in [0.29, 0.717) is 44.0 Å². The minimum Gasteiger partial charge on any atom is -0.353 e. The van der Waals surface area contributed by atoms with E-state index in [1.807, 2.05) is 24.8 Å². The van der Waals surface area contributed by atoms with Crippen LogP contribution in [-0.4, -0.2) is 51.9 Å². The summed E-state index contributed by atoms with van der Waals surface area (Å²) < 4.78 is 0. The zero-order chi connectivity index (χ0) is 18.7. The summed E-state index contributed by atoms with van der Waals surface area (Å²) >= 11 is 0. The normalized spacial score (nSPS) is 14.4. The minimum atomic E-state index is -0.426. The Hall–Kier alpha value is -3.03. The monoisotopic (exact) mass is 355 g/mol. The largest absolute Gasteiger partial charge is 0.353 e. The van der Waals surface area contributed by atoms with Gasteiger partial charge in [-0.05, 0) is 6.92 Å². The van der Waals surface area contributed by atoms with Crippen LogP contribution in [0.4, 0.5) is 11.5 Å². The van der Waals surface area contributed by atoms with Crippen molar-refractivity contribution in [2.45, 2.75) is 20.3 Å². The molecule has 0 aliphatic carbocycles. The molecule has 3 rings (SSSR count). The summed E-state index contributed by atoms with van der Waals surface area (Å²) in [7, 11) is 0. The first-order valence-electron chi connectivity index (χ1n) is 8.61. The Morgan fingerprint density at radius 3 is 2.58 bits per heavy atom. The van der Waals surface area contributed by atoms with Crippen LogP contribution in [-0.2, 0) is 4.79 Å². The van der Waals surface area contributed by atoms with E-state index < -0.39 is 4.92 Å². The quantitative estimate of drug-likeness (QED) is 0.618. The fourth-order valence-electron chi connectivity index (χ4n) is 3.01. The highest BCUT2D eigenvalue weighted by atomic mass is 16.6. The van der Waals surface area contributed by atoms with Gasteiger partial charge in [0.1, 0.15) is 5.82 Å². The van der Waals surface area contributed by atoms with Gasteiger partial charge in [0, 0.05) is 62.1 Å². The lowest BCUT2D eigenvalue weighted by molar-refractivity contribution is -0.384. The first-order chi connectivity index (χ1) is 12.5. The highest BCUT2D eigenvalue weighted by Gasteiger charge is 2.21. The molecule has 0 spiro atoms. The van der Waals surface area contributed by atoms with Crippen LogP contribution in [0.3, 0.4) is 0 Å². The van der Waals surface area contributed by atoms with Gasteiger partial charge < -0.3 is 9.80 Å². The van der Waals surface area contributed by atoms with Crippen LogP contribution in [0.15, 0.2) is 30.3 Å². The Bertz CT molecular complexity index is 831. The topological polar surface area (TPSA) is 92.5 Å². The molecule has 0 atom stereocenters. The second-order valence-electron chi connectivity index (χ2n) is 6.22. The Morgan fingerprint density at radius 1 is 1.19 bits per heavy atom. The molecular formula is C18H21N5O3. The number of carbonyl (C=O) groups is 1. The van der Waals surface area contributed by atoms with Crippen molar-refractivity contribution < 1.29 is 9.72 Å². The number of piperazine rings is 1. The Balaban J connectivity index is 1.84. The molecule has 1 aromatic heterocycles. The van der Waals surface area contributed by atoms with Crippen molar-refractivity contribution >= 4 is 17.4 Å². The van der Waals surface area contributed by atoms with Crippen molar-refractivity contribution in [1.29, 1.82) is 0 Å². The standard InChI is InChI=1S/C18H21N5O3/c1-3-17(24)22-9-7-21(8-10-22)16-11-13(2)19-18(20-16)14-5-4-6-15(12-14)23(25)26/h4-6,11-12H,3,7-10H2,1-2H3. The molecule has 1 aromatic carbocycles. The second-order valence-corrected chi connectivity index (χ2v) is 6.22. The molecule has 136 valence electrons. The summed E-state index contributed by atoms with van der Waals surface area (Å²) in [5.74, 6) is 1.42. The summed E-state index contributed by atoms with van der Waals surface area (Å²) in [6.45, 7) is 6.49. The number of rotatable bonds is 4. The third kappa shape index (κ3) is 3.79. The number of nitro benzene ring substituents is 1. The molecular weight excluding hydrogens is 334 g/mol. The maximum atomic E-state index is 11.8. The fourth-order valence-corrected chi connectivity index (χ4v) is 3.01. The first kappa shape index (κ1) is 17.8. The number of non-ortho nitro benzene ring substituents is 1. The van der Waals surface area contributed by atoms with Gasteiger partial charge in [0.2, 0.25) is 5.91 Å². The van der Waals surface area contributed by atoms with E-state index in [1.54, 1.807) is 12.1 Å². The lowest BCUT2D eigenvalue weighted by Gasteiger charge is -2.35. The molecule has 2 aromatic rings. The van der Waals surface area contributed by atoms with Gasteiger partial charge in [-0.25, -0.2) is 9.97 Å². The van der Waals surface area contributed by atoms with Gasteiger partial charge >= 0.3 is 0 Å². The lowest BCUT2D eigenvalue weighted by Crippen LogP contribution is -2.48. The van der Waals surface area contributed by atoms with Crippen molar-refractivity contribution in [3.05, 3.63) is 46.1 Å². The number of hydrogen-bond acceptors (Lipinski definition) is 6. The summed E-state index contributed by atoms with van der Waals surface area (Å²) in [6, 6.07) is 8.23. The molecule has 1 fully saturated rings. The van der Waals surface area contributed by atoms with E-state index in [1.165, 1.54) is 12.1 Å². The molecule has 2 heterocycles. The van der Waals surface area contributed by atoms with Crippen LogP contribution >= 0.6 is 0 Å². The molecule has 0 unspecified atom stereocenters. The molecule has 8 nitrogen and oxygen atoms in total. The molecule has 1 aliphatic rings. The number of anilines is 1. The van der Waals surface area contributed by atoms with Gasteiger partial charge in [-0.3, -0.25) is 14.9 Å². The zero-order valence-corrected chi connectivity index (χ0v) is 14.9. The van der Waals surface area contributed by atoms with Crippen molar-refractivity contribution in [1.82, 2.24) is 14.9 Å². The molecule has 0 saturated carbocycles. The molecule has 1 aliphatic heterocycles. The Kier molecular flexibility index (Phi) is 5.11. The van der Waals surface area contributed by atoms with Gasteiger partial charge in [-0.2, -0.15) is 0 Å². The Morgan fingerprint density at radius 2 is 1.92 bits per heavy atom. The lowest BCUT2D eigenvalue weighted by atomic mass is 10.2. The number of carbonyl (C=O) groups excluding carboxylic acids is 1. The van der Waals surface area contributed by atoms with E-state index in [-0.39, 0.29) is 11.6 Å². The maximum absolute atomic E-state index is 11.8. The number of hydrogen-bond donors (Lipinski definition) is 0. The van der Waals surface area contributed by atoms with E-state index in [0.717, 1.165) is 11.5 Å². The van der Waals surface area contributed by atoms with Crippen molar-refractivity contribution in [3.8, 4) is 11.4 Å². The SMILES string of the molecule is CCC(=O)N1CCN(c2cc(C)nc(-c3cccc([N+](=O)[O-])c3)n2)CC1. The van der Waals surface area contributed by atoms with Crippen molar-refractivity contribution in [3.63, 3.8) is 0 Å². The number of nitro groups is 1. The van der Waals surface area contributed by atoms with Crippen LogP contribution in [0.5, 0.6) is 0 Å². The number of benzene rings is 1. The average Bonchev–Trinajstić information content (AvgIpc) is 2.67. The first-order valence-corrected chi connectivity index (χ1v) is 8.61. The predicted molar refractivity (Wildman–Crippen MR) is 97.9 cm³/mol. The summed E-state index contributed by atoms with van der Waals surface area (Å²) in [5.41, 5.74) is 1.42. The van der Waals surface area contributed by atoms with Gasteiger partial charge in [0.05, 0.1) is 4.92 Å². The van der Waals surface area contributed by atoms with E-state index in [9.17, 15) is 14.9 Å². The zero-order valence-electron chi connectivity index (χ0n) is 14.9. The second kappa shape index (κ2) is 7.47. The fraction of sp³-hybridized carbons (Fsp3) is 0.389. The molecule has 0 radical (unpaired) electrons. The molecule has 0 N–H and O–H groups in total.